The third-order valence-corrected chi connectivity index (χ3v) is 3.28. The number of aliphatic hydroxyl groups excluding tert-OH is 1. The Kier molecular flexibility index (Phi) is 2.13. The second-order valence-electron chi connectivity index (χ2n) is 2.60. The predicted octanol–water partition coefficient (Wildman–Crippen LogP) is 1.76. The van der Waals surface area contributed by atoms with Gasteiger partial charge in [-0.05, 0) is 6.08 Å². The molecule has 0 spiro atoms. The van der Waals surface area contributed by atoms with Gasteiger partial charge in [-0.3, -0.25) is 0 Å². The molecule has 0 aromatic rings. The molecule has 0 saturated carbocycles. The molecule has 0 radical (unpaired) electrons. The lowest BCUT2D eigenvalue weighted by atomic mass is 10.1. The summed E-state index contributed by atoms with van der Waals surface area (Å²) in [5, 5.41) is 9.17. The second-order valence-corrected chi connectivity index (χ2v) is 3.94. The van der Waals surface area contributed by atoms with Crippen LogP contribution in [0.2, 0.25) is 0 Å². The molecule has 0 aromatic heterocycles. The van der Waals surface area contributed by atoms with Gasteiger partial charge in [-0.15, -0.1) is 12.6 Å². The zero-order valence-corrected chi connectivity index (χ0v) is 8.14. The van der Waals surface area contributed by atoms with Crippen molar-refractivity contribution in [1.82, 2.24) is 0 Å². The van der Waals surface area contributed by atoms with Gasteiger partial charge < -0.3 is 9.29 Å². The first-order chi connectivity index (χ1) is 6.20. The molecule has 0 aromatic carbocycles. The van der Waals surface area contributed by atoms with Gasteiger partial charge in [-0.1, -0.05) is 12.2 Å². The Morgan fingerprint density at radius 2 is 2.38 bits per heavy atom. The van der Waals surface area contributed by atoms with Crippen LogP contribution in [0, 0.1) is 0 Å². The summed E-state index contributed by atoms with van der Waals surface area (Å²) in [6, 6.07) is 0. The molecule has 1 aliphatic heterocycles. The van der Waals surface area contributed by atoms with Gasteiger partial charge in [0.1, 0.15) is 16.6 Å². The van der Waals surface area contributed by atoms with E-state index >= 15 is 0 Å². The minimum atomic E-state index is -0.487. The monoisotopic (exact) mass is 214 g/mol. The lowest BCUT2D eigenvalue weighted by molar-refractivity contribution is -0.128. The summed E-state index contributed by atoms with van der Waals surface area (Å²) < 4.78 is 4.73. The van der Waals surface area contributed by atoms with E-state index in [2.05, 4.69) is 12.6 Å². The maximum atomic E-state index is 11.2. The van der Waals surface area contributed by atoms with Crippen molar-refractivity contribution >= 4 is 30.6 Å². The topological polar surface area (TPSA) is 46.5 Å². The highest BCUT2D eigenvalue weighted by molar-refractivity contribution is 7.98. The number of hydrogen-bond acceptors (Lipinski definition) is 5. The summed E-state index contributed by atoms with van der Waals surface area (Å²) in [5.41, 5.74) is 0.278. The average Bonchev–Trinajstić information content (AvgIpc) is 2.40. The first-order valence-electron chi connectivity index (χ1n) is 3.58. The van der Waals surface area contributed by atoms with E-state index in [9.17, 15) is 9.90 Å². The van der Waals surface area contributed by atoms with E-state index in [0.717, 1.165) is 12.0 Å². The molecule has 1 fully saturated rings. The fraction of sp³-hybridized carbons (Fsp3) is 0.125. The molecular weight excluding hydrogens is 208 g/mol. The summed E-state index contributed by atoms with van der Waals surface area (Å²) >= 11 is 5.20. The molecule has 1 heterocycles. The van der Waals surface area contributed by atoms with E-state index in [-0.39, 0.29) is 16.6 Å². The van der Waals surface area contributed by atoms with E-state index in [1.54, 1.807) is 12.2 Å². The van der Waals surface area contributed by atoms with Gasteiger partial charge in [0.2, 0.25) is 0 Å². The normalized spacial score (nSPS) is 26.7. The van der Waals surface area contributed by atoms with Gasteiger partial charge in [0.05, 0.1) is 12.0 Å². The first kappa shape index (κ1) is 8.77. The number of fused-ring (bicyclic) bond motifs is 1. The lowest BCUT2D eigenvalue weighted by Crippen LogP contribution is -2.08. The Morgan fingerprint density at radius 3 is 3.15 bits per heavy atom. The molecule has 2 aliphatic rings. The largest absolute Gasteiger partial charge is 0.507 e. The van der Waals surface area contributed by atoms with Crippen LogP contribution in [0.15, 0.2) is 34.5 Å². The maximum Gasteiger partial charge on any atom is 0.351 e. The molecule has 2 rings (SSSR count). The van der Waals surface area contributed by atoms with Crippen LogP contribution in [-0.2, 0) is 8.98 Å². The van der Waals surface area contributed by atoms with Crippen LogP contribution < -0.4 is 0 Å². The van der Waals surface area contributed by atoms with Crippen molar-refractivity contribution in [3.63, 3.8) is 0 Å². The summed E-state index contributed by atoms with van der Waals surface area (Å²) in [6.07, 6.45) is 4.83. The van der Waals surface area contributed by atoms with Crippen molar-refractivity contribution < 1.29 is 14.1 Å². The zero-order valence-electron chi connectivity index (χ0n) is 6.43. The summed E-state index contributed by atoms with van der Waals surface area (Å²) in [5.74, 6) is -0.528. The highest BCUT2D eigenvalue weighted by Gasteiger charge is 2.37. The highest BCUT2D eigenvalue weighted by Crippen LogP contribution is 2.39. The third kappa shape index (κ3) is 1.38. The van der Waals surface area contributed by atoms with Gasteiger partial charge in [0, 0.05) is 4.91 Å². The van der Waals surface area contributed by atoms with Crippen molar-refractivity contribution in [3.8, 4) is 0 Å². The minimum absolute atomic E-state index is 0.0414. The number of rotatable bonds is 0. The smallest absolute Gasteiger partial charge is 0.351 e. The highest BCUT2D eigenvalue weighted by atomic mass is 32.2. The van der Waals surface area contributed by atoms with E-state index in [1.807, 2.05) is 0 Å². The first-order valence-corrected chi connectivity index (χ1v) is 4.83. The van der Waals surface area contributed by atoms with Crippen LogP contribution in [0.3, 0.4) is 0 Å². The van der Waals surface area contributed by atoms with Gasteiger partial charge in [-0.2, -0.15) is 0 Å². The van der Waals surface area contributed by atoms with Gasteiger partial charge in [0.15, 0.2) is 0 Å². The Bertz CT molecular complexity index is 354. The Hall–Kier alpha value is -0.810. The molecule has 1 saturated heterocycles. The number of aliphatic hydroxyl groups is 1. The van der Waals surface area contributed by atoms with Crippen molar-refractivity contribution in [3.05, 3.63) is 34.5 Å². The average molecular weight is 214 g/mol. The van der Waals surface area contributed by atoms with Gasteiger partial charge in [-0.25, -0.2) is 4.79 Å². The van der Waals surface area contributed by atoms with Crippen LogP contribution in [0.4, 0.5) is 0 Å². The number of thiol groups is 1. The van der Waals surface area contributed by atoms with Gasteiger partial charge in [0.25, 0.3) is 0 Å². The molecule has 1 unspecified atom stereocenters. The summed E-state index contributed by atoms with van der Waals surface area (Å²) in [7, 11) is 0. The fourth-order valence-electron chi connectivity index (χ4n) is 1.14. The van der Waals surface area contributed by atoms with Crippen LogP contribution in [0.1, 0.15) is 0 Å². The zero-order chi connectivity index (χ0) is 9.42. The number of carbonyl (C=O) groups excluding carboxylic acids is 1. The van der Waals surface area contributed by atoms with E-state index < -0.39 is 5.97 Å². The molecule has 13 heavy (non-hydrogen) atoms. The Balaban J connectivity index is 2.52. The van der Waals surface area contributed by atoms with E-state index in [1.165, 1.54) is 6.08 Å². The maximum absolute atomic E-state index is 11.2. The van der Waals surface area contributed by atoms with E-state index in [4.69, 9.17) is 4.18 Å². The molecular formula is C8H6O3S2. The molecule has 68 valence electrons. The van der Waals surface area contributed by atoms with E-state index in [0.29, 0.717) is 4.91 Å². The molecule has 5 heteroatoms. The SMILES string of the molecule is O=C1OSC2C(S)=CC=CC(O)=C12. The van der Waals surface area contributed by atoms with Crippen molar-refractivity contribution in [2.75, 3.05) is 0 Å². The number of hydrogen-bond donors (Lipinski definition) is 2. The third-order valence-electron chi connectivity index (χ3n) is 1.77. The second kappa shape index (κ2) is 3.16. The fourth-order valence-corrected chi connectivity index (χ4v) is 2.25. The summed E-state index contributed by atoms with van der Waals surface area (Å²) in [4.78, 5) is 11.9. The molecule has 3 nitrogen and oxygen atoms in total. The van der Waals surface area contributed by atoms with Crippen molar-refractivity contribution in [1.29, 1.82) is 0 Å². The van der Waals surface area contributed by atoms with Crippen LogP contribution in [0.25, 0.3) is 0 Å². The molecule has 1 aliphatic carbocycles. The van der Waals surface area contributed by atoms with Crippen LogP contribution in [-0.4, -0.2) is 16.3 Å². The van der Waals surface area contributed by atoms with Crippen LogP contribution in [0.5, 0.6) is 0 Å². The molecule has 0 bridgehead atoms. The quantitative estimate of drug-likeness (QED) is 0.476. The minimum Gasteiger partial charge on any atom is -0.507 e. The molecule has 1 N–H and O–H groups in total. The van der Waals surface area contributed by atoms with Crippen molar-refractivity contribution in [2.45, 2.75) is 5.25 Å². The molecule has 0 amide bonds. The Labute approximate surface area is 84.8 Å². The Morgan fingerprint density at radius 1 is 1.62 bits per heavy atom. The standard InChI is InChI=1S/C8H6O3S2/c9-4-2-1-3-5(12)7-6(4)8(10)11-13-7/h1-3,7,9,12H. The van der Waals surface area contributed by atoms with Gasteiger partial charge >= 0.3 is 5.97 Å². The van der Waals surface area contributed by atoms with Crippen LogP contribution >= 0.6 is 24.7 Å². The summed E-state index contributed by atoms with van der Waals surface area (Å²) in [6.45, 7) is 0. The predicted molar refractivity (Wildman–Crippen MR) is 53.3 cm³/mol. The number of carbonyl (C=O) groups is 1. The number of allylic oxidation sites excluding steroid dienone is 3. The van der Waals surface area contributed by atoms with Crippen molar-refractivity contribution in [2.24, 2.45) is 0 Å². The lowest BCUT2D eigenvalue weighted by Gasteiger charge is -2.03. The molecule has 1 atom stereocenters.